The van der Waals surface area contributed by atoms with Crippen LogP contribution in [0.1, 0.15) is 205 Å². The van der Waals surface area contributed by atoms with E-state index in [4.69, 9.17) is 18.6 Å². The maximum Gasteiger partial charge on any atom is 0.494 e. The lowest BCUT2D eigenvalue weighted by Gasteiger charge is -2.48. The summed E-state index contributed by atoms with van der Waals surface area (Å²) < 4.78 is 26.3. The minimum Gasteiger partial charge on any atom is -0.399 e. The van der Waals surface area contributed by atoms with E-state index in [1.807, 2.05) is 0 Å². The van der Waals surface area contributed by atoms with Gasteiger partial charge in [-0.05, 0) is 210 Å². The molecule has 2 saturated carbocycles. The molecule has 5 aliphatic rings. The summed E-state index contributed by atoms with van der Waals surface area (Å²) in [5.74, 6) is 1.47. The van der Waals surface area contributed by atoms with Crippen molar-refractivity contribution in [3.05, 3.63) is 94.0 Å². The van der Waals surface area contributed by atoms with E-state index < -0.39 is 0 Å². The van der Waals surface area contributed by atoms with Gasteiger partial charge in [-0.25, -0.2) is 0 Å². The molecular formula is C62H86B2O4. The molecule has 4 aromatic rings. The molecule has 0 atom stereocenters. The van der Waals surface area contributed by atoms with Crippen molar-refractivity contribution in [3.63, 3.8) is 0 Å². The van der Waals surface area contributed by atoms with Crippen LogP contribution in [0.4, 0.5) is 0 Å². The lowest BCUT2D eigenvalue weighted by Crippen LogP contribution is -2.43. The second-order valence-electron chi connectivity index (χ2n) is 24.9. The third-order valence-electron chi connectivity index (χ3n) is 19.0. The van der Waals surface area contributed by atoms with Crippen molar-refractivity contribution in [1.82, 2.24) is 0 Å². The number of hydrogen-bond donors (Lipinski definition) is 0. The van der Waals surface area contributed by atoms with E-state index in [2.05, 4.69) is 158 Å². The van der Waals surface area contributed by atoms with Crippen LogP contribution in [-0.4, -0.2) is 36.6 Å². The second kappa shape index (κ2) is 18.5. The van der Waals surface area contributed by atoms with Crippen LogP contribution in [0.5, 0.6) is 0 Å². The largest absolute Gasteiger partial charge is 0.494 e. The number of hydrogen-bond acceptors (Lipinski definition) is 4. The standard InChI is InChI=1S/C62H86B2O4/c1-15-17-19-21-23-25-45-37-61-39-46(26-24-22-20-18-16-2)40-62(61,38-45)54-36-48(56-43(5)33-50(34-44(56)6)64-67-59(11,12)60(13,14)68-64)28-30-52(54)51-29-27-47(35-53(51)61)55-41(3)31-49(32-42(55)4)63-65-57(7,8)58(9,10)66-63/h27-36,45-46H,15-26,37-40H2,1-14H3. The summed E-state index contributed by atoms with van der Waals surface area (Å²) in [4.78, 5) is 0. The quantitative estimate of drug-likeness (QED) is 0.0829. The predicted octanol–water partition coefficient (Wildman–Crippen LogP) is 15.5. The summed E-state index contributed by atoms with van der Waals surface area (Å²) in [6.07, 6.45) is 21.5. The van der Waals surface area contributed by atoms with E-state index in [0.717, 1.165) is 22.8 Å². The lowest BCUT2D eigenvalue weighted by atomic mass is 9.55. The van der Waals surface area contributed by atoms with Crippen LogP contribution in [0.15, 0.2) is 60.7 Å². The van der Waals surface area contributed by atoms with E-state index >= 15 is 0 Å². The molecule has 2 saturated heterocycles. The van der Waals surface area contributed by atoms with Gasteiger partial charge in [0.25, 0.3) is 0 Å². The van der Waals surface area contributed by atoms with E-state index in [1.165, 1.54) is 158 Å². The minimum atomic E-state index is -0.375. The summed E-state index contributed by atoms with van der Waals surface area (Å²) in [5, 5.41) is 0. The first-order valence-electron chi connectivity index (χ1n) is 27.4. The molecule has 4 fully saturated rings. The predicted molar refractivity (Wildman–Crippen MR) is 289 cm³/mol. The van der Waals surface area contributed by atoms with Crippen LogP contribution in [-0.2, 0) is 29.4 Å². The minimum absolute atomic E-state index is 0.112. The van der Waals surface area contributed by atoms with Crippen LogP contribution in [0.3, 0.4) is 0 Å². The molecule has 3 aliphatic carbocycles. The number of unbranched alkanes of at least 4 members (excludes halogenated alkanes) is 8. The fourth-order valence-corrected chi connectivity index (χ4v) is 14.3. The van der Waals surface area contributed by atoms with Crippen LogP contribution in [0.25, 0.3) is 33.4 Å². The van der Waals surface area contributed by atoms with Crippen molar-refractivity contribution in [2.45, 2.75) is 233 Å². The van der Waals surface area contributed by atoms with Crippen molar-refractivity contribution in [2.75, 3.05) is 0 Å². The van der Waals surface area contributed by atoms with Gasteiger partial charge in [-0.2, -0.15) is 0 Å². The highest BCUT2D eigenvalue weighted by atomic mass is 16.7. The van der Waals surface area contributed by atoms with E-state index in [9.17, 15) is 0 Å². The first kappa shape index (κ1) is 49.8. The molecule has 0 bridgehead atoms. The molecule has 0 radical (unpaired) electrons. The normalized spacial score (nSPS) is 26.0. The van der Waals surface area contributed by atoms with Crippen molar-refractivity contribution < 1.29 is 18.6 Å². The molecule has 2 heterocycles. The average Bonchev–Trinajstić information content (AvgIpc) is 3.90. The molecule has 9 rings (SSSR count). The van der Waals surface area contributed by atoms with Gasteiger partial charge in [0.2, 0.25) is 0 Å². The Bertz CT molecular complexity index is 2250. The molecule has 6 heteroatoms. The highest BCUT2D eigenvalue weighted by molar-refractivity contribution is 6.62. The zero-order valence-electron chi connectivity index (χ0n) is 45.0. The Morgan fingerprint density at radius 3 is 1.04 bits per heavy atom. The van der Waals surface area contributed by atoms with Gasteiger partial charge in [0.05, 0.1) is 22.4 Å². The average molecular weight is 917 g/mol. The molecule has 0 N–H and O–H groups in total. The summed E-state index contributed by atoms with van der Waals surface area (Å²) >= 11 is 0. The number of benzene rings is 4. The molecule has 68 heavy (non-hydrogen) atoms. The zero-order chi connectivity index (χ0) is 48.6. The molecule has 4 nitrogen and oxygen atoms in total. The van der Waals surface area contributed by atoms with Gasteiger partial charge in [0.15, 0.2) is 0 Å². The van der Waals surface area contributed by atoms with Gasteiger partial charge in [0, 0.05) is 10.8 Å². The smallest absolute Gasteiger partial charge is 0.399 e. The van der Waals surface area contributed by atoms with Crippen LogP contribution < -0.4 is 10.9 Å². The van der Waals surface area contributed by atoms with Crippen LogP contribution in [0, 0.1) is 39.5 Å². The molecule has 364 valence electrons. The van der Waals surface area contributed by atoms with Crippen molar-refractivity contribution >= 4 is 25.2 Å². The van der Waals surface area contributed by atoms with Crippen LogP contribution in [0.2, 0.25) is 0 Å². The Morgan fingerprint density at radius 1 is 0.426 bits per heavy atom. The SMILES string of the molecule is CCCCCCCC1CC23CC(CCCCCCC)CC2(C1)c1cc(-c2c(C)cc(B4OC(C)(C)C(C)(C)O4)cc2C)ccc1-c1ccc(-c2c(C)cc(B4OC(C)(C)C(C)(C)O4)cc2C)cc13. The van der Waals surface area contributed by atoms with Crippen molar-refractivity contribution in [1.29, 1.82) is 0 Å². The topological polar surface area (TPSA) is 36.9 Å². The third-order valence-corrected chi connectivity index (χ3v) is 19.0. The van der Waals surface area contributed by atoms with Crippen molar-refractivity contribution in [2.24, 2.45) is 11.8 Å². The number of fused-ring (bicyclic) bond motifs is 3. The third kappa shape index (κ3) is 8.53. The van der Waals surface area contributed by atoms with Gasteiger partial charge < -0.3 is 18.6 Å². The first-order chi connectivity index (χ1) is 32.2. The molecule has 2 aliphatic heterocycles. The summed E-state index contributed by atoms with van der Waals surface area (Å²) in [5.41, 5.74) is 17.8. The zero-order valence-corrected chi connectivity index (χ0v) is 45.0. The maximum atomic E-state index is 6.58. The van der Waals surface area contributed by atoms with Gasteiger partial charge in [-0.1, -0.05) is 139 Å². The molecule has 0 amide bonds. The van der Waals surface area contributed by atoms with Crippen LogP contribution >= 0.6 is 0 Å². The molecule has 0 unspecified atom stereocenters. The second-order valence-corrected chi connectivity index (χ2v) is 24.9. The fraction of sp³-hybridized carbons (Fsp3) is 0.613. The highest BCUT2D eigenvalue weighted by Crippen LogP contribution is 2.73. The first-order valence-corrected chi connectivity index (χ1v) is 27.4. The lowest BCUT2D eigenvalue weighted by molar-refractivity contribution is 0.00578. The van der Waals surface area contributed by atoms with Gasteiger partial charge in [-0.3, -0.25) is 0 Å². The number of aryl methyl sites for hydroxylation is 4. The van der Waals surface area contributed by atoms with Gasteiger partial charge in [0.1, 0.15) is 0 Å². The summed E-state index contributed by atoms with van der Waals surface area (Å²) in [7, 11) is -0.738. The highest BCUT2D eigenvalue weighted by Gasteiger charge is 2.66. The Labute approximate surface area is 414 Å². The van der Waals surface area contributed by atoms with E-state index in [-0.39, 0.29) is 47.5 Å². The Balaban J connectivity index is 1.16. The van der Waals surface area contributed by atoms with Crippen molar-refractivity contribution in [3.8, 4) is 33.4 Å². The van der Waals surface area contributed by atoms with Gasteiger partial charge >= 0.3 is 14.2 Å². The molecular weight excluding hydrogens is 830 g/mol. The molecule has 0 aromatic heterocycles. The summed E-state index contributed by atoms with van der Waals surface area (Å²) in [6, 6.07) is 24.7. The fourth-order valence-electron chi connectivity index (χ4n) is 14.3. The maximum absolute atomic E-state index is 6.58. The Kier molecular flexibility index (Phi) is 13.5. The monoisotopic (exact) mass is 917 g/mol. The van der Waals surface area contributed by atoms with E-state index in [1.54, 1.807) is 11.1 Å². The Hall–Kier alpha value is -3.15. The summed E-state index contributed by atoms with van der Waals surface area (Å²) in [6.45, 7) is 31.1. The molecule has 4 aromatic carbocycles. The van der Waals surface area contributed by atoms with E-state index in [0.29, 0.717) is 0 Å². The molecule has 0 spiro atoms. The number of rotatable bonds is 16. The Morgan fingerprint density at radius 2 is 0.735 bits per heavy atom. The van der Waals surface area contributed by atoms with Gasteiger partial charge in [-0.15, -0.1) is 0 Å².